The number of aryl methyl sites for hydroxylation is 1. The summed E-state index contributed by atoms with van der Waals surface area (Å²) in [6.07, 6.45) is 1.24. The van der Waals surface area contributed by atoms with Crippen LogP contribution in [0, 0.1) is 6.92 Å². The molecule has 0 spiro atoms. The minimum Gasteiger partial charge on any atom is -0.491 e. The van der Waals surface area contributed by atoms with Crippen LogP contribution < -0.4 is 10.1 Å². The third-order valence-electron chi connectivity index (χ3n) is 3.01. The van der Waals surface area contributed by atoms with Crippen LogP contribution in [0.5, 0.6) is 5.75 Å². The molecule has 0 saturated heterocycles. The summed E-state index contributed by atoms with van der Waals surface area (Å²) in [6, 6.07) is 7.94. The van der Waals surface area contributed by atoms with Crippen LogP contribution in [0.15, 0.2) is 35.8 Å². The molecule has 0 aliphatic carbocycles. The van der Waals surface area contributed by atoms with E-state index in [2.05, 4.69) is 10.3 Å². The highest BCUT2D eigenvalue weighted by Gasteiger charge is 2.11. The summed E-state index contributed by atoms with van der Waals surface area (Å²) in [5, 5.41) is 16.2. The van der Waals surface area contributed by atoms with Gasteiger partial charge in [-0.1, -0.05) is 18.2 Å². The lowest BCUT2D eigenvalue weighted by molar-refractivity contribution is 0.104. The smallest absolute Gasteiger partial charge is 0.122 e. The molecule has 2 aromatic rings. The maximum Gasteiger partial charge on any atom is 0.122 e. The van der Waals surface area contributed by atoms with Crippen molar-refractivity contribution in [3.8, 4) is 5.75 Å². The number of hydrogen-bond acceptors (Lipinski definition) is 5. The van der Waals surface area contributed by atoms with E-state index in [0.717, 1.165) is 16.3 Å². The SMILES string of the molecule is Cc1ccccc1OCC(O)CNC(C)c1nccs1. The molecule has 1 heterocycles. The van der Waals surface area contributed by atoms with Crippen LogP contribution in [-0.4, -0.2) is 29.3 Å². The molecule has 1 aromatic heterocycles. The second-order valence-corrected chi connectivity index (χ2v) is 5.66. The lowest BCUT2D eigenvalue weighted by atomic mass is 10.2. The van der Waals surface area contributed by atoms with Crippen molar-refractivity contribution in [2.24, 2.45) is 0 Å². The van der Waals surface area contributed by atoms with E-state index < -0.39 is 6.10 Å². The molecule has 0 radical (unpaired) electrons. The van der Waals surface area contributed by atoms with E-state index in [1.807, 2.05) is 43.5 Å². The molecule has 1 aromatic carbocycles. The Bertz CT molecular complexity index is 516. The van der Waals surface area contributed by atoms with E-state index in [1.54, 1.807) is 17.5 Å². The molecule has 5 heteroatoms. The van der Waals surface area contributed by atoms with Gasteiger partial charge in [-0.2, -0.15) is 0 Å². The van der Waals surface area contributed by atoms with E-state index in [9.17, 15) is 5.11 Å². The van der Waals surface area contributed by atoms with Crippen molar-refractivity contribution in [3.63, 3.8) is 0 Å². The van der Waals surface area contributed by atoms with Crippen LogP contribution >= 0.6 is 11.3 Å². The molecule has 0 aliphatic rings. The Morgan fingerprint density at radius 3 is 2.90 bits per heavy atom. The van der Waals surface area contributed by atoms with E-state index in [0.29, 0.717) is 6.54 Å². The summed E-state index contributed by atoms with van der Waals surface area (Å²) in [6.45, 7) is 4.79. The van der Waals surface area contributed by atoms with Crippen LogP contribution in [0.3, 0.4) is 0 Å². The third kappa shape index (κ3) is 4.30. The molecule has 0 saturated carbocycles. The highest BCUT2D eigenvalue weighted by Crippen LogP contribution is 2.17. The zero-order valence-electron chi connectivity index (χ0n) is 11.7. The zero-order valence-corrected chi connectivity index (χ0v) is 12.6. The number of aromatic nitrogens is 1. The maximum atomic E-state index is 9.94. The molecule has 0 aliphatic heterocycles. The second-order valence-electron chi connectivity index (χ2n) is 4.73. The van der Waals surface area contributed by atoms with Crippen molar-refractivity contribution < 1.29 is 9.84 Å². The summed E-state index contributed by atoms with van der Waals surface area (Å²) in [5.74, 6) is 0.819. The fourth-order valence-electron chi connectivity index (χ4n) is 1.81. The van der Waals surface area contributed by atoms with Crippen molar-refractivity contribution in [2.75, 3.05) is 13.2 Å². The second kappa shape index (κ2) is 7.38. The molecule has 0 bridgehead atoms. The lowest BCUT2D eigenvalue weighted by Crippen LogP contribution is -2.33. The van der Waals surface area contributed by atoms with Gasteiger partial charge in [0, 0.05) is 18.1 Å². The van der Waals surface area contributed by atoms with Gasteiger partial charge >= 0.3 is 0 Å². The highest BCUT2D eigenvalue weighted by molar-refractivity contribution is 7.09. The number of para-hydroxylation sites is 1. The van der Waals surface area contributed by atoms with Crippen molar-refractivity contribution in [2.45, 2.75) is 26.0 Å². The fourth-order valence-corrected chi connectivity index (χ4v) is 2.48. The molecule has 2 unspecified atom stereocenters. The number of rotatable bonds is 7. The first-order valence-corrected chi connectivity index (χ1v) is 7.54. The van der Waals surface area contributed by atoms with Gasteiger partial charge in [0.1, 0.15) is 23.5 Å². The number of nitrogens with one attached hydrogen (secondary N) is 1. The largest absolute Gasteiger partial charge is 0.491 e. The first-order valence-electron chi connectivity index (χ1n) is 6.66. The minimum absolute atomic E-state index is 0.142. The molecule has 20 heavy (non-hydrogen) atoms. The Kier molecular flexibility index (Phi) is 5.52. The first kappa shape index (κ1) is 15.0. The molecule has 2 rings (SSSR count). The Hall–Kier alpha value is -1.43. The Morgan fingerprint density at radius 1 is 1.40 bits per heavy atom. The normalized spacial score (nSPS) is 13.9. The molecule has 0 amide bonds. The highest BCUT2D eigenvalue weighted by atomic mass is 32.1. The number of aliphatic hydroxyl groups excluding tert-OH is 1. The monoisotopic (exact) mass is 292 g/mol. The van der Waals surface area contributed by atoms with Crippen LogP contribution in [0.4, 0.5) is 0 Å². The van der Waals surface area contributed by atoms with Gasteiger partial charge in [-0.15, -0.1) is 11.3 Å². The molecule has 2 N–H and O–H groups in total. The van der Waals surface area contributed by atoms with Crippen LogP contribution in [0.25, 0.3) is 0 Å². The average molecular weight is 292 g/mol. The van der Waals surface area contributed by atoms with E-state index in [-0.39, 0.29) is 12.6 Å². The van der Waals surface area contributed by atoms with Crippen molar-refractivity contribution in [1.82, 2.24) is 10.3 Å². The van der Waals surface area contributed by atoms with Crippen LogP contribution in [0.2, 0.25) is 0 Å². The predicted octanol–water partition coefficient (Wildman–Crippen LogP) is 2.54. The van der Waals surface area contributed by atoms with Gasteiger partial charge in [0.15, 0.2) is 0 Å². The molecule has 108 valence electrons. The average Bonchev–Trinajstić information content (AvgIpc) is 2.98. The van der Waals surface area contributed by atoms with Crippen molar-refractivity contribution in [1.29, 1.82) is 0 Å². The lowest BCUT2D eigenvalue weighted by Gasteiger charge is -2.17. The van der Waals surface area contributed by atoms with Gasteiger partial charge in [0.2, 0.25) is 0 Å². The van der Waals surface area contributed by atoms with Crippen LogP contribution in [-0.2, 0) is 0 Å². The topological polar surface area (TPSA) is 54.4 Å². The number of aliphatic hydroxyl groups is 1. The van der Waals surface area contributed by atoms with Gasteiger partial charge in [0.25, 0.3) is 0 Å². The van der Waals surface area contributed by atoms with E-state index >= 15 is 0 Å². The van der Waals surface area contributed by atoms with Crippen LogP contribution in [0.1, 0.15) is 23.5 Å². The summed E-state index contributed by atoms with van der Waals surface area (Å²) in [5.41, 5.74) is 1.07. The molecule has 4 nitrogen and oxygen atoms in total. The summed E-state index contributed by atoms with van der Waals surface area (Å²) < 4.78 is 5.62. The van der Waals surface area contributed by atoms with Crippen molar-refractivity contribution in [3.05, 3.63) is 46.4 Å². The maximum absolute atomic E-state index is 9.94. The first-order chi connectivity index (χ1) is 9.66. The van der Waals surface area contributed by atoms with Gasteiger partial charge < -0.3 is 15.2 Å². The fraction of sp³-hybridized carbons (Fsp3) is 0.400. The van der Waals surface area contributed by atoms with Gasteiger partial charge in [-0.05, 0) is 25.5 Å². The van der Waals surface area contributed by atoms with Gasteiger partial charge in [-0.3, -0.25) is 0 Å². The summed E-state index contributed by atoms with van der Waals surface area (Å²) in [7, 11) is 0. The summed E-state index contributed by atoms with van der Waals surface area (Å²) in [4.78, 5) is 4.24. The van der Waals surface area contributed by atoms with Crippen molar-refractivity contribution >= 4 is 11.3 Å². The minimum atomic E-state index is -0.544. The van der Waals surface area contributed by atoms with E-state index in [4.69, 9.17) is 4.74 Å². The Morgan fingerprint density at radius 2 is 2.20 bits per heavy atom. The number of ether oxygens (including phenoxy) is 1. The number of thiazole rings is 1. The summed E-state index contributed by atoms with van der Waals surface area (Å²) >= 11 is 1.61. The predicted molar refractivity (Wildman–Crippen MR) is 81.2 cm³/mol. The standard InChI is InChI=1S/C15H20N2O2S/c1-11-5-3-4-6-14(11)19-10-13(18)9-17-12(2)15-16-7-8-20-15/h3-8,12-13,17-18H,9-10H2,1-2H3. The number of hydrogen-bond donors (Lipinski definition) is 2. The zero-order chi connectivity index (χ0) is 14.4. The molecular weight excluding hydrogens is 272 g/mol. The quantitative estimate of drug-likeness (QED) is 0.823. The number of nitrogens with zero attached hydrogens (tertiary/aromatic N) is 1. The van der Waals surface area contributed by atoms with Gasteiger partial charge in [-0.25, -0.2) is 4.98 Å². The third-order valence-corrected chi connectivity index (χ3v) is 3.96. The Balaban J connectivity index is 1.73. The van der Waals surface area contributed by atoms with Gasteiger partial charge in [0.05, 0.1) is 6.04 Å². The number of benzene rings is 1. The molecule has 2 atom stereocenters. The molecular formula is C15H20N2O2S. The Labute approximate surface area is 123 Å². The van der Waals surface area contributed by atoms with E-state index in [1.165, 1.54) is 0 Å². The molecule has 0 fully saturated rings.